The van der Waals surface area contributed by atoms with Crippen LogP contribution in [0.1, 0.15) is 17.0 Å². The van der Waals surface area contributed by atoms with Crippen LogP contribution in [0.4, 0.5) is 16.2 Å². The fourth-order valence-corrected chi connectivity index (χ4v) is 5.44. The molecule has 2 aromatic heterocycles. The van der Waals surface area contributed by atoms with E-state index < -0.39 is 6.23 Å². The third-order valence-corrected chi connectivity index (χ3v) is 7.49. The van der Waals surface area contributed by atoms with Crippen molar-refractivity contribution in [2.24, 2.45) is 0 Å². The zero-order valence-corrected chi connectivity index (χ0v) is 21.9. The van der Waals surface area contributed by atoms with Gasteiger partial charge in [0, 0.05) is 26.2 Å². The Kier molecular flexibility index (Phi) is 7.94. The summed E-state index contributed by atoms with van der Waals surface area (Å²) < 4.78 is 24.2. The molecule has 198 valence electrons. The molecule has 1 unspecified atom stereocenters. The number of ether oxygens (including phenoxy) is 2. The number of aryl methyl sites for hydroxylation is 2. The molecule has 11 heteroatoms. The second-order valence-corrected chi connectivity index (χ2v) is 10.1. The number of nitrogen functional groups attached to an aromatic ring is 1. The highest BCUT2D eigenvalue weighted by atomic mass is 32.1. The summed E-state index contributed by atoms with van der Waals surface area (Å²) in [4.78, 5) is 30.5. The minimum absolute atomic E-state index is 0.213. The van der Waals surface area contributed by atoms with Crippen LogP contribution in [0.15, 0.2) is 48.5 Å². The summed E-state index contributed by atoms with van der Waals surface area (Å²) in [5.41, 5.74) is 7.89. The highest BCUT2D eigenvalue weighted by Gasteiger charge is 2.27. The Morgan fingerprint density at radius 2 is 1.71 bits per heavy atom. The minimum atomic E-state index is -0.687. The number of benzene rings is 2. The molecule has 0 bridgehead atoms. The van der Waals surface area contributed by atoms with Gasteiger partial charge in [0.1, 0.15) is 22.8 Å². The van der Waals surface area contributed by atoms with E-state index in [1.54, 1.807) is 31.4 Å². The first kappa shape index (κ1) is 25.8. The molecular weight excluding hydrogens is 507 g/mol. The number of rotatable bonds is 10. The maximum Gasteiger partial charge on any atom is 0.223 e. The molecule has 5 rings (SSSR count). The SMILES string of the molecule is COc1ccc(OC(C=O)N2CCN(c3nc(N)nc4sc(CCCc5ccc(F)cc5)nc34)CC2)cc1. The predicted octanol–water partition coefficient (Wildman–Crippen LogP) is 3.72. The van der Waals surface area contributed by atoms with Crippen LogP contribution in [0, 0.1) is 5.82 Å². The van der Waals surface area contributed by atoms with Crippen molar-refractivity contribution in [1.29, 1.82) is 0 Å². The van der Waals surface area contributed by atoms with Crippen LogP contribution in [0.5, 0.6) is 11.5 Å². The Bertz CT molecular complexity index is 1370. The Hall–Kier alpha value is -3.83. The molecule has 2 aromatic carbocycles. The van der Waals surface area contributed by atoms with Gasteiger partial charge in [0.05, 0.1) is 12.1 Å². The van der Waals surface area contributed by atoms with Gasteiger partial charge in [-0.1, -0.05) is 23.5 Å². The van der Waals surface area contributed by atoms with Gasteiger partial charge in [0.2, 0.25) is 12.2 Å². The number of piperazine rings is 1. The normalized spacial score (nSPS) is 14.9. The number of nitrogens with zero attached hydrogens (tertiary/aromatic N) is 5. The first-order valence-electron chi connectivity index (χ1n) is 12.4. The number of carbonyl (C=O) groups is 1. The van der Waals surface area contributed by atoms with Gasteiger partial charge in [0.15, 0.2) is 16.9 Å². The van der Waals surface area contributed by atoms with E-state index in [-0.39, 0.29) is 11.8 Å². The molecule has 0 spiro atoms. The number of aromatic nitrogens is 3. The molecule has 1 fully saturated rings. The lowest BCUT2D eigenvalue weighted by Gasteiger charge is -2.37. The standard InChI is InChI=1S/C27H29FN6O3S/c1-36-20-9-11-21(12-10-20)37-23(17-35)33-13-15-34(16-14-33)25-24-26(32-27(29)31-25)38-22(30-24)4-2-3-18-5-7-19(28)8-6-18/h5-12,17,23H,2-4,13-16H2,1H3,(H2,29,31,32). The molecule has 1 aliphatic rings. The monoisotopic (exact) mass is 536 g/mol. The van der Waals surface area contributed by atoms with Gasteiger partial charge < -0.3 is 20.1 Å². The second kappa shape index (κ2) is 11.7. The highest BCUT2D eigenvalue weighted by Crippen LogP contribution is 2.30. The maximum absolute atomic E-state index is 13.1. The van der Waals surface area contributed by atoms with Crippen molar-refractivity contribution < 1.29 is 18.7 Å². The first-order valence-corrected chi connectivity index (χ1v) is 13.3. The van der Waals surface area contributed by atoms with Gasteiger partial charge in [-0.3, -0.25) is 9.69 Å². The Morgan fingerprint density at radius 1 is 1.00 bits per heavy atom. The quantitative estimate of drug-likeness (QED) is 0.304. The Balaban J connectivity index is 1.22. The summed E-state index contributed by atoms with van der Waals surface area (Å²) in [5.74, 6) is 2.03. The molecule has 4 aromatic rings. The average Bonchev–Trinajstić information content (AvgIpc) is 3.35. The molecule has 9 nitrogen and oxygen atoms in total. The van der Waals surface area contributed by atoms with Gasteiger partial charge in [-0.2, -0.15) is 4.98 Å². The number of hydrogen-bond donors (Lipinski definition) is 1. The molecule has 0 aliphatic carbocycles. The third-order valence-electron chi connectivity index (χ3n) is 6.48. The van der Waals surface area contributed by atoms with Gasteiger partial charge in [-0.05, 0) is 61.2 Å². The number of anilines is 2. The number of fused-ring (bicyclic) bond motifs is 1. The molecule has 1 atom stereocenters. The Morgan fingerprint density at radius 3 is 2.39 bits per heavy atom. The van der Waals surface area contributed by atoms with E-state index in [0.29, 0.717) is 37.7 Å². The predicted molar refractivity (Wildman–Crippen MR) is 145 cm³/mol. The van der Waals surface area contributed by atoms with Crippen molar-refractivity contribution in [2.45, 2.75) is 25.5 Å². The summed E-state index contributed by atoms with van der Waals surface area (Å²) in [6.45, 7) is 2.50. The number of carbonyl (C=O) groups excluding carboxylic acids is 1. The first-order chi connectivity index (χ1) is 18.5. The molecule has 2 N–H and O–H groups in total. The van der Waals surface area contributed by atoms with E-state index in [9.17, 15) is 9.18 Å². The van der Waals surface area contributed by atoms with E-state index in [1.165, 1.54) is 23.5 Å². The summed E-state index contributed by atoms with van der Waals surface area (Å²) in [7, 11) is 1.60. The average molecular weight is 537 g/mol. The van der Waals surface area contributed by atoms with Crippen molar-refractivity contribution in [3.63, 3.8) is 0 Å². The molecule has 1 aliphatic heterocycles. The lowest BCUT2D eigenvalue weighted by Crippen LogP contribution is -2.53. The van der Waals surface area contributed by atoms with Gasteiger partial charge >= 0.3 is 0 Å². The van der Waals surface area contributed by atoms with Crippen LogP contribution in [-0.4, -0.2) is 65.7 Å². The van der Waals surface area contributed by atoms with Crippen LogP contribution in [-0.2, 0) is 17.6 Å². The zero-order valence-electron chi connectivity index (χ0n) is 21.0. The molecule has 0 radical (unpaired) electrons. The maximum atomic E-state index is 13.1. The molecule has 0 saturated carbocycles. The van der Waals surface area contributed by atoms with Crippen molar-refractivity contribution in [1.82, 2.24) is 19.9 Å². The fourth-order valence-electron chi connectivity index (χ4n) is 4.46. The van der Waals surface area contributed by atoms with Gasteiger partial charge in [-0.25, -0.2) is 14.4 Å². The summed E-state index contributed by atoms with van der Waals surface area (Å²) >= 11 is 1.53. The zero-order chi connectivity index (χ0) is 26.5. The van der Waals surface area contributed by atoms with Crippen LogP contribution < -0.4 is 20.1 Å². The van der Waals surface area contributed by atoms with Crippen LogP contribution >= 0.6 is 11.3 Å². The summed E-state index contributed by atoms with van der Waals surface area (Å²) in [5, 5.41) is 0.968. The number of hydrogen-bond acceptors (Lipinski definition) is 10. The van der Waals surface area contributed by atoms with E-state index in [4.69, 9.17) is 20.2 Å². The van der Waals surface area contributed by atoms with Crippen LogP contribution in [0.25, 0.3) is 10.3 Å². The lowest BCUT2D eigenvalue weighted by atomic mass is 10.1. The number of thiazole rings is 1. The Labute approximate surface area is 224 Å². The van der Waals surface area contributed by atoms with Crippen molar-refractivity contribution in [2.75, 3.05) is 43.9 Å². The second-order valence-electron chi connectivity index (χ2n) is 8.99. The van der Waals surface area contributed by atoms with Crippen molar-refractivity contribution >= 4 is 39.7 Å². The van der Waals surface area contributed by atoms with E-state index in [1.807, 2.05) is 17.0 Å². The molecule has 38 heavy (non-hydrogen) atoms. The summed E-state index contributed by atoms with van der Waals surface area (Å²) in [6.07, 6.45) is 2.65. The number of nitrogens with two attached hydrogens (primary N) is 1. The van der Waals surface area contributed by atoms with Gasteiger partial charge in [-0.15, -0.1) is 0 Å². The number of aldehydes is 1. The smallest absolute Gasteiger partial charge is 0.223 e. The summed E-state index contributed by atoms with van der Waals surface area (Å²) in [6, 6.07) is 13.8. The lowest BCUT2D eigenvalue weighted by molar-refractivity contribution is -0.121. The largest absolute Gasteiger partial charge is 0.497 e. The number of halogens is 1. The molecule has 0 amide bonds. The van der Waals surface area contributed by atoms with E-state index >= 15 is 0 Å². The fraction of sp³-hybridized carbons (Fsp3) is 0.333. The molecule has 1 saturated heterocycles. The number of methoxy groups -OCH3 is 1. The molecule has 3 heterocycles. The highest BCUT2D eigenvalue weighted by molar-refractivity contribution is 7.18. The topological polar surface area (TPSA) is 107 Å². The van der Waals surface area contributed by atoms with E-state index in [0.717, 1.165) is 52.2 Å². The third kappa shape index (κ3) is 6.00. The molecular formula is C27H29FN6O3S. The van der Waals surface area contributed by atoms with Crippen LogP contribution in [0.3, 0.4) is 0 Å². The van der Waals surface area contributed by atoms with Crippen molar-refractivity contribution in [3.8, 4) is 11.5 Å². The van der Waals surface area contributed by atoms with Gasteiger partial charge in [0.25, 0.3) is 0 Å². The van der Waals surface area contributed by atoms with Crippen LogP contribution in [0.2, 0.25) is 0 Å². The van der Waals surface area contributed by atoms with E-state index in [2.05, 4.69) is 14.9 Å². The van der Waals surface area contributed by atoms with Crippen molar-refractivity contribution in [3.05, 3.63) is 64.9 Å². The minimum Gasteiger partial charge on any atom is -0.497 e.